The average molecular weight is 200 g/mol. The van der Waals surface area contributed by atoms with Crippen molar-refractivity contribution < 1.29 is 19.8 Å². The molecule has 0 unspecified atom stereocenters. The van der Waals surface area contributed by atoms with Crippen LogP contribution in [0.5, 0.6) is 0 Å². The van der Waals surface area contributed by atoms with Gasteiger partial charge in [0.1, 0.15) is 0 Å². The number of hydrogen-bond donors (Lipinski definition) is 2. The maximum atomic E-state index is 10.9. The molecular formula is C10H16O4. The van der Waals surface area contributed by atoms with Gasteiger partial charge in [0.25, 0.3) is 0 Å². The summed E-state index contributed by atoms with van der Waals surface area (Å²) in [6.45, 7) is 5.49. The number of hydrogen-bond acceptors (Lipinski definition) is 2. The summed E-state index contributed by atoms with van der Waals surface area (Å²) in [6, 6.07) is 0. The number of carboxylic acid groups (broad SMARTS) is 2. The predicted octanol–water partition coefficient (Wildman–Crippen LogP) is 1.45. The molecule has 0 amide bonds. The van der Waals surface area contributed by atoms with E-state index in [1.54, 1.807) is 0 Å². The quantitative estimate of drug-likeness (QED) is 0.707. The largest absolute Gasteiger partial charge is 0.481 e. The molecule has 4 heteroatoms. The molecule has 1 fully saturated rings. The van der Waals surface area contributed by atoms with Crippen molar-refractivity contribution in [3.05, 3.63) is 0 Å². The van der Waals surface area contributed by atoms with E-state index >= 15 is 0 Å². The van der Waals surface area contributed by atoms with Crippen LogP contribution in [0.4, 0.5) is 0 Å². The maximum Gasteiger partial charge on any atom is 0.307 e. The number of aliphatic carboxylic acids is 2. The number of rotatable bonds is 2. The van der Waals surface area contributed by atoms with E-state index in [9.17, 15) is 9.59 Å². The monoisotopic (exact) mass is 200 g/mol. The molecule has 0 aromatic heterocycles. The van der Waals surface area contributed by atoms with Gasteiger partial charge in [0.15, 0.2) is 0 Å². The van der Waals surface area contributed by atoms with Crippen LogP contribution in [0.15, 0.2) is 0 Å². The molecule has 14 heavy (non-hydrogen) atoms. The first-order valence-electron chi connectivity index (χ1n) is 4.74. The lowest BCUT2D eigenvalue weighted by atomic mass is 9.75. The van der Waals surface area contributed by atoms with Crippen molar-refractivity contribution in [1.82, 2.24) is 0 Å². The Kier molecular flexibility index (Phi) is 2.56. The van der Waals surface area contributed by atoms with Crippen LogP contribution in [0.1, 0.15) is 27.2 Å². The Balaban J connectivity index is 2.96. The number of carbonyl (C=O) groups is 2. The molecule has 0 aliphatic heterocycles. The van der Waals surface area contributed by atoms with Crippen molar-refractivity contribution >= 4 is 11.9 Å². The molecule has 0 spiro atoms. The van der Waals surface area contributed by atoms with Crippen LogP contribution in [0.2, 0.25) is 0 Å². The molecule has 0 aromatic rings. The third kappa shape index (κ3) is 1.49. The molecule has 1 aliphatic rings. The molecule has 1 saturated carbocycles. The molecule has 0 heterocycles. The van der Waals surface area contributed by atoms with Crippen LogP contribution in [-0.2, 0) is 9.59 Å². The zero-order valence-corrected chi connectivity index (χ0v) is 8.65. The van der Waals surface area contributed by atoms with Crippen molar-refractivity contribution in [2.24, 2.45) is 23.2 Å². The highest BCUT2D eigenvalue weighted by Crippen LogP contribution is 2.50. The van der Waals surface area contributed by atoms with Gasteiger partial charge in [0, 0.05) is 0 Å². The molecule has 80 valence electrons. The van der Waals surface area contributed by atoms with Gasteiger partial charge in [-0.2, -0.15) is 0 Å². The van der Waals surface area contributed by atoms with Gasteiger partial charge in [-0.15, -0.1) is 0 Å². The third-order valence-corrected chi connectivity index (χ3v) is 3.78. The van der Waals surface area contributed by atoms with E-state index in [4.69, 9.17) is 10.2 Å². The maximum absolute atomic E-state index is 10.9. The third-order valence-electron chi connectivity index (χ3n) is 3.78. The Morgan fingerprint density at radius 3 is 1.93 bits per heavy atom. The van der Waals surface area contributed by atoms with Gasteiger partial charge in [-0.25, -0.2) is 0 Å². The minimum Gasteiger partial charge on any atom is -0.481 e. The fraction of sp³-hybridized carbons (Fsp3) is 0.800. The Morgan fingerprint density at radius 1 is 1.21 bits per heavy atom. The summed E-state index contributed by atoms with van der Waals surface area (Å²) >= 11 is 0. The molecule has 1 rings (SSSR count). The zero-order chi connectivity index (χ0) is 11.1. The van der Waals surface area contributed by atoms with Crippen LogP contribution < -0.4 is 0 Å². The molecule has 4 nitrogen and oxygen atoms in total. The van der Waals surface area contributed by atoms with Crippen molar-refractivity contribution in [3.8, 4) is 0 Å². The van der Waals surface area contributed by atoms with E-state index in [1.807, 2.05) is 20.8 Å². The van der Waals surface area contributed by atoms with Crippen LogP contribution >= 0.6 is 0 Å². The molecule has 0 aromatic carbocycles. The summed E-state index contributed by atoms with van der Waals surface area (Å²) in [6.07, 6.45) is 0.249. The molecule has 3 atom stereocenters. The van der Waals surface area contributed by atoms with Crippen LogP contribution in [0, 0.1) is 23.2 Å². The Hall–Kier alpha value is -1.06. The standard InChI is InChI=1S/C10H16O4/c1-5-6(8(11)12)4-7(9(13)14)10(5,2)3/h5-7H,4H2,1-3H3,(H,11,12)(H,13,14)/t5-,6-,7+/m0/s1. The Morgan fingerprint density at radius 2 is 1.71 bits per heavy atom. The van der Waals surface area contributed by atoms with Gasteiger partial charge >= 0.3 is 11.9 Å². The van der Waals surface area contributed by atoms with Gasteiger partial charge in [-0.3, -0.25) is 9.59 Å². The summed E-state index contributed by atoms with van der Waals surface area (Å²) in [4.78, 5) is 21.8. The first-order valence-corrected chi connectivity index (χ1v) is 4.74. The van der Waals surface area contributed by atoms with Crippen molar-refractivity contribution in [2.45, 2.75) is 27.2 Å². The summed E-state index contributed by atoms with van der Waals surface area (Å²) < 4.78 is 0. The molecule has 0 bridgehead atoms. The van der Waals surface area contributed by atoms with Crippen molar-refractivity contribution in [1.29, 1.82) is 0 Å². The van der Waals surface area contributed by atoms with E-state index in [2.05, 4.69) is 0 Å². The average Bonchev–Trinajstić information content (AvgIpc) is 2.24. The smallest absolute Gasteiger partial charge is 0.307 e. The first-order chi connectivity index (χ1) is 6.28. The van der Waals surface area contributed by atoms with Crippen molar-refractivity contribution in [2.75, 3.05) is 0 Å². The lowest BCUT2D eigenvalue weighted by Gasteiger charge is -2.29. The van der Waals surface area contributed by atoms with Gasteiger partial charge in [-0.1, -0.05) is 20.8 Å². The van der Waals surface area contributed by atoms with E-state index in [0.717, 1.165) is 0 Å². The van der Waals surface area contributed by atoms with E-state index in [0.29, 0.717) is 0 Å². The highest BCUT2D eigenvalue weighted by atomic mass is 16.4. The highest BCUT2D eigenvalue weighted by molar-refractivity contribution is 5.76. The number of carboxylic acids is 2. The van der Waals surface area contributed by atoms with Crippen LogP contribution in [-0.4, -0.2) is 22.2 Å². The minimum absolute atomic E-state index is 0.0962. The SMILES string of the molecule is C[C@H]1[C@@H](C(=O)O)C[C@H](C(=O)O)C1(C)C. The molecular weight excluding hydrogens is 184 g/mol. The molecule has 0 radical (unpaired) electrons. The first kappa shape index (κ1) is 11.0. The van der Waals surface area contributed by atoms with E-state index < -0.39 is 29.2 Å². The fourth-order valence-electron chi connectivity index (χ4n) is 2.33. The van der Waals surface area contributed by atoms with Crippen molar-refractivity contribution in [3.63, 3.8) is 0 Å². The van der Waals surface area contributed by atoms with Gasteiger partial charge in [0.05, 0.1) is 11.8 Å². The highest BCUT2D eigenvalue weighted by Gasteiger charge is 2.52. The van der Waals surface area contributed by atoms with Crippen LogP contribution in [0.3, 0.4) is 0 Å². The lowest BCUT2D eigenvalue weighted by molar-refractivity contribution is -0.145. The predicted molar refractivity (Wildman–Crippen MR) is 49.8 cm³/mol. The lowest BCUT2D eigenvalue weighted by Crippen LogP contribution is -2.30. The summed E-state index contributed by atoms with van der Waals surface area (Å²) in [7, 11) is 0. The fourth-order valence-corrected chi connectivity index (χ4v) is 2.33. The second kappa shape index (κ2) is 3.26. The van der Waals surface area contributed by atoms with E-state index in [-0.39, 0.29) is 12.3 Å². The normalized spacial score (nSPS) is 35.5. The second-order valence-electron chi connectivity index (χ2n) is 4.68. The topological polar surface area (TPSA) is 74.6 Å². The van der Waals surface area contributed by atoms with E-state index in [1.165, 1.54) is 0 Å². The summed E-state index contributed by atoms with van der Waals surface area (Å²) in [5.41, 5.74) is -0.436. The molecule has 1 aliphatic carbocycles. The minimum atomic E-state index is -0.884. The summed E-state index contributed by atoms with van der Waals surface area (Å²) in [5.74, 6) is -2.93. The molecule has 2 N–H and O–H groups in total. The van der Waals surface area contributed by atoms with Gasteiger partial charge in [0.2, 0.25) is 0 Å². The van der Waals surface area contributed by atoms with Gasteiger partial charge in [-0.05, 0) is 17.8 Å². The van der Waals surface area contributed by atoms with Crippen LogP contribution in [0.25, 0.3) is 0 Å². The second-order valence-corrected chi connectivity index (χ2v) is 4.68. The zero-order valence-electron chi connectivity index (χ0n) is 8.65. The Labute approximate surface area is 82.9 Å². The summed E-state index contributed by atoms with van der Waals surface area (Å²) in [5, 5.41) is 17.9. The Bertz CT molecular complexity index is 269. The van der Waals surface area contributed by atoms with Gasteiger partial charge < -0.3 is 10.2 Å². The molecule has 0 saturated heterocycles.